The highest BCUT2D eigenvalue weighted by molar-refractivity contribution is 5.74. The van der Waals surface area contributed by atoms with Gasteiger partial charge in [0, 0.05) is 12.1 Å². The van der Waals surface area contributed by atoms with Gasteiger partial charge in [0.1, 0.15) is 5.82 Å². The molecule has 0 saturated heterocycles. The molecule has 2 amide bonds. The first-order chi connectivity index (χ1) is 10.8. The molecule has 2 aromatic rings. The third-order valence-electron chi connectivity index (χ3n) is 2.98. The summed E-state index contributed by atoms with van der Waals surface area (Å²) < 4.78 is 13.4. The molecule has 0 aliphatic rings. The summed E-state index contributed by atoms with van der Waals surface area (Å²) in [7, 11) is 0. The van der Waals surface area contributed by atoms with Crippen molar-refractivity contribution in [3.8, 4) is 11.8 Å². The van der Waals surface area contributed by atoms with E-state index in [4.69, 9.17) is 0 Å². The summed E-state index contributed by atoms with van der Waals surface area (Å²) in [5, 5.41) is 5.31. The third-order valence-corrected chi connectivity index (χ3v) is 2.98. The van der Waals surface area contributed by atoms with Crippen molar-refractivity contribution in [3.05, 3.63) is 71.5 Å². The summed E-state index contributed by atoms with van der Waals surface area (Å²) in [6.45, 7) is 0.638. The largest absolute Gasteiger partial charge is 0.338 e. The number of nitrogens with one attached hydrogen (secondary N) is 2. The van der Waals surface area contributed by atoms with Crippen molar-refractivity contribution in [2.45, 2.75) is 6.42 Å². The van der Waals surface area contributed by atoms with Gasteiger partial charge in [0.05, 0.1) is 6.54 Å². The molecule has 0 atom stereocenters. The van der Waals surface area contributed by atoms with Gasteiger partial charge >= 0.3 is 6.03 Å². The maximum atomic E-state index is 13.4. The molecule has 0 spiro atoms. The van der Waals surface area contributed by atoms with Crippen LogP contribution in [0.25, 0.3) is 0 Å². The Hall–Kier alpha value is -2.80. The maximum absolute atomic E-state index is 13.4. The lowest BCUT2D eigenvalue weighted by molar-refractivity contribution is 0.242. The van der Waals surface area contributed by atoms with Crippen molar-refractivity contribution >= 4 is 6.03 Å². The van der Waals surface area contributed by atoms with Crippen LogP contribution in [0.2, 0.25) is 0 Å². The van der Waals surface area contributed by atoms with E-state index in [0.717, 1.165) is 5.56 Å². The van der Waals surface area contributed by atoms with Crippen LogP contribution >= 0.6 is 0 Å². The fourth-order valence-corrected chi connectivity index (χ4v) is 1.87. The molecule has 0 aliphatic heterocycles. The summed E-state index contributed by atoms with van der Waals surface area (Å²) in [6.07, 6.45) is 0.454. The number of urea groups is 1. The van der Waals surface area contributed by atoms with Crippen LogP contribution in [0.4, 0.5) is 9.18 Å². The Labute approximate surface area is 129 Å². The molecule has 0 aromatic heterocycles. The van der Waals surface area contributed by atoms with Crippen LogP contribution in [0, 0.1) is 17.7 Å². The Kier molecular flexibility index (Phi) is 6.01. The quantitative estimate of drug-likeness (QED) is 0.837. The second-order valence-electron chi connectivity index (χ2n) is 4.62. The lowest BCUT2D eigenvalue weighted by Gasteiger charge is -2.06. The number of carbonyl (C=O) groups is 1. The first-order valence-electron chi connectivity index (χ1n) is 7.05. The molecule has 0 unspecified atom stereocenters. The summed E-state index contributed by atoms with van der Waals surface area (Å²) >= 11 is 0. The predicted octanol–water partition coefficient (Wildman–Crippen LogP) is 2.72. The first kappa shape index (κ1) is 15.6. The van der Waals surface area contributed by atoms with Gasteiger partial charge in [-0.25, -0.2) is 9.18 Å². The van der Waals surface area contributed by atoms with Crippen LogP contribution in [0.1, 0.15) is 11.1 Å². The summed E-state index contributed by atoms with van der Waals surface area (Å²) in [4.78, 5) is 11.5. The van der Waals surface area contributed by atoms with Crippen LogP contribution in [0.15, 0.2) is 54.6 Å². The van der Waals surface area contributed by atoms with Gasteiger partial charge in [0.25, 0.3) is 0 Å². The van der Waals surface area contributed by atoms with Crippen molar-refractivity contribution in [1.82, 2.24) is 10.6 Å². The highest BCUT2D eigenvalue weighted by atomic mass is 19.1. The number of carbonyl (C=O) groups excluding carboxylic acids is 1. The number of rotatable bonds is 4. The van der Waals surface area contributed by atoms with E-state index >= 15 is 0 Å². The first-order valence-corrected chi connectivity index (χ1v) is 7.05. The van der Waals surface area contributed by atoms with E-state index in [-0.39, 0.29) is 18.4 Å². The number of benzene rings is 2. The highest BCUT2D eigenvalue weighted by Crippen LogP contribution is 2.05. The number of halogens is 1. The van der Waals surface area contributed by atoms with Crippen LogP contribution < -0.4 is 10.6 Å². The molecule has 0 aliphatic carbocycles. The summed E-state index contributed by atoms with van der Waals surface area (Å²) in [5.74, 6) is 5.56. The van der Waals surface area contributed by atoms with E-state index in [1.54, 1.807) is 18.2 Å². The third kappa shape index (κ3) is 5.29. The zero-order valence-corrected chi connectivity index (χ0v) is 12.1. The Balaban J connectivity index is 1.66. The molecule has 0 fully saturated rings. The standard InChI is InChI=1S/C18H17FN2O/c19-17-11-5-4-10-16(17)12-14-21-18(22)20-13-6-9-15-7-2-1-3-8-15/h1-5,7-8,10-11H,12-14H2,(H2,20,21,22). The van der Waals surface area contributed by atoms with E-state index in [2.05, 4.69) is 22.5 Å². The van der Waals surface area contributed by atoms with Crippen molar-refractivity contribution < 1.29 is 9.18 Å². The van der Waals surface area contributed by atoms with Crippen molar-refractivity contribution in [2.75, 3.05) is 13.1 Å². The number of hydrogen-bond donors (Lipinski definition) is 2. The molecule has 0 saturated carbocycles. The lowest BCUT2D eigenvalue weighted by atomic mass is 10.1. The summed E-state index contributed by atoms with van der Waals surface area (Å²) in [6, 6.07) is 15.8. The number of hydrogen-bond acceptors (Lipinski definition) is 1. The van der Waals surface area contributed by atoms with Gasteiger partial charge in [-0.3, -0.25) is 0 Å². The minimum Gasteiger partial charge on any atom is -0.338 e. The Morgan fingerprint density at radius 3 is 2.50 bits per heavy atom. The van der Waals surface area contributed by atoms with Gasteiger partial charge in [-0.15, -0.1) is 0 Å². The fourth-order valence-electron chi connectivity index (χ4n) is 1.87. The molecule has 0 heterocycles. The summed E-state index contributed by atoms with van der Waals surface area (Å²) in [5.41, 5.74) is 1.50. The average Bonchev–Trinajstić information content (AvgIpc) is 2.54. The molecule has 4 heteroatoms. The van der Waals surface area contributed by atoms with Gasteiger partial charge in [-0.1, -0.05) is 48.2 Å². The SMILES string of the molecule is O=C(NCC#Cc1ccccc1)NCCc1ccccc1F. The molecule has 2 rings (SSSR count). The monoisotopic (exact) mass is 296 g/mol. The maximum Gasteiger partial charge on any atom is 0.315 e. The highest BCUT2D eigenvalue weighted by Gasteiger charge is 2.01. The minimum atomic E-state index is -0.307. The smallest absolute Gasteiger partial charge is 0.315 e. The van der Waals surface area contributed by atoms with E-state index < -0.39 is 0 Å². The van der Waals surface area contributed by atoms with Crippen molar-refractivity contribution in [1.29, 1.82) is 0 Å². The zero-order valence-electron chi connectivity index (χ0n) is 12.1. The molecule has 0 radical (unpaired) electrons. The molecule has 22 heavy (non-hydrogen) atoms. The fraction of sp³-hybridized carbons (Fsp3) is 0.167. The second kappa shape index (κ2) is 8.48. The van der Waals surface area contributed by atoms with Crippen molar-refractivity contribution in [2.24, 2.45) is 0 Å². The molecule has 3 nitrogen and oxygen atoms in total. The predicted molar refractivity (Wildman–Crippen MR) is 84.8 cm³/mol. The van der Waals surface area contributed by atoms with Gasteiger partial charge in [-0.05, 0) is 30.2 Å². The average molecular weight is 296 g/mol. The van der Waals surface area contributed by atoms with E-state index in [0.29, 0.717) is 18.5 Å². The van der Waals surface area contributed by atoms with Crippen LogP contribution in [-0.4, -0.2) is 19.1 Å². The van der Waals surface area contributed by atoms with Gasteiger partial charge in [0.2, 0.25) is 0 Å². The van der Waals surface area contributed by atoms with E-state index in [1.807, 2.05) is 30.3 Å². The Morgan fingerprint density at radius 1 is 1.00 bits per heavy atom. The van der Waals surface area contributed by atoms with Crippen molar-refractivity contribution in [3.63, 3.8) is 0 Å². The van der Waals surface area contributed by atoms with E-state index in [9.17, 15) is 9.18 Å². The van der Waals surface area contributed by atoms with Gasteiger partial charge in [0.15, 0.2) is 0 Å². The van der Waals surface area contributed by atoms with Gasteiger partial charge < -0.3 is 10.6 Å². The van der Waals surface area contributed by atoms with Crippen LogP contribution in [-0.2, 0) is 6.42 Å². The minimum absolute atomic E-state index is 0.251. The molecular weight excluding hydrogens is 279 g/mol. The zero-order chi connectivity index (χ0) is 15.6. The normalized spacial score (nSPS) is 9.50. The molecule has 2 N–H and O–H groups in total. The molecule has 2 aromatic carbocycles. The van der Waals surface area contributed by atoms with E-state index in [1.165, 1.54) is 6.07 Å². The van der Waals surface area contributed by atoms with Crippen LogP contribution in [0.3, 0.4) is 0 Å². The topological polar surface area (TPSA) is 41.1 Å². The number of amides is 2. The molecule has 112 valence electrons. The lowest BCUT2D eigenvalue weighted by Crippen LogP contribution is -2.36. The Bertz CT molecular complexity index is 674. The molecular formula is C18H17FN2O. The van der Waals surface area contributed by atoms with Crippen LogP contribution in [0.5, 0.6) is 0 Å². The second-order valence-corrected chi connectivity index (χ2v) is 4.62. The molecule has 0 bridgehead atoms. The Morgan fingerprint density at radius 2 is 1.73 bits per heavy atom. The van der Waals surface area contributed by atoms with Gasteiger partial charge in [-0.2, -0.15) is 0 Å².